The van der Waals surface area contributed by atoms with E-state index in [-0.39, 0.29) is 6.03 Å². The number of urea groups is 1. The highest BCUT2D eigenvalue weighted by Crippen LogP contribution is 2.29. The molecule has 2 aliphatic rings. The molecule has 1 atom stereocenters. The Kier molecular flexibility index (Phi) is 6.90. The number of nitrogens with zero attached hydrogens (tertiary/aromatic N) is 1. The van der Waals surface area contributed by atoms with Gasteiger partial charge < -0.3 is 15.4 Å². The molecule has 4 rings (SSSR count). The molecule has 0 aromatic heterocycles. The van der Waals surface area contributed by atoms with Crippen molar-refractivity contribution in [3.63, 3.8) is 0 Å². The van der Waals surface area contributed by atoms with Crippen LogP contribution < -0.4 is 10.6 Å². The van der Waals surface area contributed by atoms with Gasteiger partial charge in [-0.3, -0.25) is 4.90 Å². The first kappa shape index (κ1) is 22.1. The lowest BCUT2D eigenvalue weighted by Gasteiger charge is -2.35. The normalized spacial score (nSPS) is 19.9. The molecule has 0 aliphatic carbocycles. The summed E-state index contributed by atoms with van der Waals surface area (Å²) in [5.41, 5.74) is 4.48. The van der Waals surface area contributed by atoms with Gasteiger partial charge in [0.05, 0.1) is 18.7 Å². The Morgan fingerprint density at radius 3 is 2.41 bits per heavy atom. The van der Waals surface area contributed by atoms with Crippen LogP contribution in [0.25, 0.3) is 0 Å². The van der Waals surface area contributed by atoms with E-state index in [9.17, 15) is 9.59 Å². The number of aryl methyl sites for hydroxylation is 1. The van der Waals surface area contributed by atoms with Gasteiger partial charge in [0.25, 0.3) is 0 Å². The standard InChI is InChI=1S/C26H31N3O3/c1-18-8-10-21(11-9-18)24-23(25(30)32-2)22(27-26(31)28-24)17-29-14-12-20(13-15-29)16-19-6-4-3-5-7-19/h3-11,20,24H,12-17H2,1-2H3,(H2,27,28,31)/t24-/m0/s1. The van der Waals surface area contributed by atoms with Gasteiger partial charge in [0, 0.05) is 12.2 Å². The number of hydrogen-bond acceptors (Lipinski definition) is 4. The zero-order chi connectivity index (χ0) is 22.5. The number of methoxy groups -OCH3 is 1. The van der Waals surface area contributed by atoms with Gasteiger partial charge in [-0.25, -0.2) is 9.59 Å². The molecule has 0 unspecified atom stereocenters. The third-order valence-electron chi connectivity index (χ3n) is 6.43. The van der Waals surface area contributed by atoms with Gasteiger partial charge in [-0.05, 0) is 56.3 Å². The molecular weight excluding hydrogens is 402 g/mol. The van der Waals surface area contributed by atoms with E-state index in [1.165, 1.54) is 12.7 Å². The fourth-order valence-corrected chi connectivity index (χ4v) is 4.62. The number of esters is 1. The van der Waals surface area contributed by atoms with E-state index in [0.717, 1.165) is 43.5 Å². The Morgan fingerprint density at radius 1 is 1.06 bits per heavy atom. The Labute approximate surface area is 189 Å². The molecular formula is C26H31N3O3. The van der Waals surface area contributed by atoms with Crippen LogP contribution in [0.3, 0.4) is 0 Å². The first-order chi connectivity index (χ1) is 15.5. The van der Waals surface area contributed by atoms with Gasteiger partial charge in [-0.2, -0.15) is 0 Å². The van der Waals surface area contributed by atoms with E-state index >= 15 is 0 Å². The number of hydrogen-bond donors (Lipinski definition) is 2. The van der Waals surface area contributed by atoms with Gasteiger partial charge in [-0.15, -0.1) is 0 Å². The van der Waals surface area contributed by atoms with Crippen molar-refractivity contribution < 1.29 is 14.3 Å². The average Bonchev–Trinajstić information content (AvgIpc) is 2.81. The summed E-state index contributed by atoms with van der Waals surface area (Å²) in [6.07, 6.45) is 3.30. The number of carbonyl (C=O) groups excluding carboxylic acids is 2. The van der Waals surface area contributed by atoms with Gasteiger partial charge in [0.1, 0.15) is 0 Å². The van der Waals surface area contributed by atoms with E-state index < -0.39 is 12.0 Å². The second-order valence-corrected chi connectivity index (χ2v) is 8.74. The maximum absolute atomic E-state index is 12.7. The summed E-state index contributed by atoms with van der Waals surface area (Å²) in [5, 5.41) is 5.77. The Balaban J connectivity index is 1.49. The van der Waals surface area contributed by atoms with Crippen molar-refractivity contribution in [2.45, 2.75) is 32.2 Å². The zero-order valence-electron chi connectivity index (χ0n) is 18.8. The summed E-state index contributed by atoms with van der Waals surface area (Å²) < 4.78 is 5.10. The number of likely N-dealkylation sites (tertiary alicyclic amines) is 1. The quantitative estimate of drug-likeness (QED) is 0.681. The first-order valence-corrected chi connectivity index (χ1v) is 11.2. The maximum atomic E-state index is 12.7. The van der Waals surface area contributed by atoms with Crippen molar-refractivity contribution in [3.8, 4) is 0 Å². The van der Waals surface area contributed by atoms with Crippen molar-refractivity contribution in [1.29, 1.82) is 0 Å². The molecule has 2 aromatic carbocycles. The largest absolute Gasteiger partial charge is 0.466 e. The summed E-state index contributed by atoms with van der Waals surface area (Å²) in [6, 6.07) is 17.7. The summed E-state index contributed by atoms with van der Waals surface area (Å²) in [5.74, 6) is 0.239. The molecule has 2 aliphatic heterocycles. The van der Waals surface area contributed by atoms with E-state index in [4.69, 9.17) is 4.74 Å². The number of rotatable bonds is 6. The molecule has 2 heterocycles. The minimum absolute atomic E-state index is 0.294. The number of ether oxygens (including phenoxy) is 1. The number of benzene rings is 2. The lowest BCUT2D eigenvalue weighted by Crippen LogP contribution is -2.49. The fourth-order valence-electron chi connectivity index (χ4n) is 4.62. The minimum Gasteiger partial charge on any atom is -0.466 e. The van der Waals surface area contributed by atoms with Crippen molar-refractivity contribution in [2.24, 2.45) is 5.92 Å². The molecule has 2 aromatic rings. The van der Waals surface area contributed by atoms with Crippen LogP contribution in [0.1, 0.15) is 35.6 Å². The van der Waals surface area contributed by atoms with Crippen molar-refractivity contribution >= 4 is 12.0 Å². The van der Waals surface area contributed by atoms with Crippen molar-refractivity contribution in [1.82, 2.24) is 15.5 Å². The van der Waals surface area contributed by atoms with Crippen LogP contribution in [-0.2, 0) is 16.0 Å². The van der Waals surface area contributed by atoms with Crippen LogP contribution in [-0.4, -0.2) is 43.6 Å². The third-order valence-corrected chi connectivity index (χ3v) is 6.43. The average molecular weight is 434 g/mol. The number of nitrogens with one attached hydrogen (secondary N) is 2. The summed E-state index contributed by atoms with van der Waals surface area (Å²) in [7, 11) is 1.38. The van der Waals surface area contributed by atoms with Crippen LogP contribution in [0.4, 0.5) is 4.79 Å². The van der Waals surface area contributed by atoms with Gasteiger partial charge >= 0.3 is 12.0 Å². The lowest BCUT2D eigenvalue weighted by atomic mass is 9.89. The second-order valence-electron chi connectivity index (χ2n) is 8.74. The van der Waals surface area contributed by atoms with Crippen molar-refractivity contribution in [3.05, 3.63) is 82.6 Å². The predicted octanol–water partition coefficient (Wildman–Crippen LogP) is 3.73. The van der Waals surface area contributed by atoms with E-state index in [2.05, 4.69) is 45.9 Å². The molecule has 6 nitrogen and oxygen atoms in total. The van der Waals surface area contributed by atoms with Gasteiger partial charge in [-0.1, -0.05) is 60.2 Å². The summed E-state index contributed by atoms with van der Waals surface area (Å²) in [6.45, 7) is 4.41. The smallest absolute Gasteiger partial charge is 0.338 e. The molecule has 2 amide bonds. The van der Waals surface area contributed by atoms with Crippen LogP contribution in [0, 0.1) is 12.8 Å². The predicted molar refractivity (Wildman–Crippen MR) is 124 cm³/mol. The zero-order valence-corrected chi connectivity index (χ0v) is 18.8. The van der Waals surface area contributed by atoms with Gasteiger partial charge in [0.2, 0.25) is 0 Å². The first-order valence-electron chi connectivity index (χ1n) is 11.2. The SMILES string of the molecule is COC(=O)C1=C(CN2CCC(Cc3ccccc3)CC2)NC(=O)N[C@H]1c1ccc(C)cc1. The van der Waals surface area contributed by atoms with Gasteiger partial charge in [0.15, 0.2) is 0 Å². The number of piperidine rings is 1. The fraction of sp³-hybridized carbons (Fsp3) is 0.385. The number of carbonyl (C=O) groups is 2. The molecule has 1 saturated heterocycles. The molecule has 2 N–H and O–H groups in total. The van der Waals surface area contributed by atoms with E-state index in [1.54, 1.807) is 0 Å². The lowest BCUT2D eigenvalue weighted by molar-refractivity contribution is -0.136. The Hall–Kier alpha value is -3.12. The van der Waals surface area contributed by atoms with Crippen LogP contribution in [0.5, 0.6) is 0 Å². The summed E-state index contributed by atoms with van der Waals surface area (Å²) >= 11 is 0. The molecule has 0 spiro atoms. The molecule has 32 heavy (non-hydrogen) atoms. The topological polar surface area (TPSA) is 70.7 Å². The molecule has 0 radical (unpaired) electrons. The maximum Gasteiger partial charge on any atom is 0.338 e. The van der Waals surface area contributed by atoms with Crippen molar-refractivity contribution in [2.75, 3.05) is 26.7 Å². The molecule has 0 saturated carbocycles. The Morgan fingerprint density at radius 2 is 1.75 bits per heavy atom. The van der Waals surface area contributed by atoms with E-state index in [0.29, 0.717) is 23.7 Å². The highest BCUT2D eigenvalue weighted by atomic mass is 16.5. The van der Waals surface area contributed by atoms with Crippen LogP contribution in [0.2, 0.25) is 0 Å². The van der Waals surface area contributed by atoms with E-state index in [1.807, 2.05) is 31.2 Å². The highest BCUT2D eigenvalue weighted by Gasteiger charge is 2.34. The molecule has 1 fully saturated rings. The summed E-state index contributed by atoms with van der Waals surface area (Å²) in [4.78, 5) is 27.5. The Bertz CT molecular complexity index is 977. The number of amides is 2. The minimum atomic E-state index is -0.526. The molecule has 168 valence electrons. The molecule has 6 heteroatoms. The monoisotopic (exact) mass is 433 g/mol. The second kappa shape index (κ2) is 10.0. The molecule has 0 bridgehead atoms. The van der Waals surface area contributed by atoms with Crippen LogP contribution in [0.15, 0.2) is 65.9 Å². The highest BCUT2D eigenvalue weighted by molar-refractivity contribution is 5.95. The third kappa shape index (κ3) is 5.19. The van der Waals surface area contributed by atoms with Crippen LogP contribution >= 0.6 is 0 Å².